The Morgan fingerprint density at radius 1 is 1.27 bits per heavy atom. The van der Waals surface area contributed by atoms with Gasteiger partial charge in [-0.05, 0) is 54.5 Å². The Balaban J connectivity index is 1.71. The Hall–Kier alpha value is -1.58. The summed E-state index contributed by atoms with van der Waals surface area (Å²) in [6, 6.07) is 7.44. The van der Waals surface area contributed by atoms with Crippen molar-refractivity contribution >= 4 is 61.4 Å². The van der Waals surface area contributed by atoms with Crippen LogP contribution in [0, 0.1) is 0 Å². The molecule has 1 aromatic carbocycles. The maximum atomic E-state index is 12.5. The lowest BCUT2D eigenvalue weighted by atomic mass is 9.98. The van der Waals surface area contributed by atoms with Crippen LogP contribution in [0.4, 0.5) is 0 Å². The first kappa shape index (κ1) is 19.2. The Morgan fingerprint density at radius 3 is 2.58 bits per heavy atom. The van der Waals surface area contributed by atoms with Crippen LogP contribution in [0.3, 0.4) is 0 Å². The first-order chi connectivity index (χ1) is 12.4. The number of carbonyl (C=O) groups is 3. The van der Waals surface area contributed by atoms with Crippen LogP contribution in [0.1, 0.15) is 5.56 Å². The fourth-order valence-corrected chi connectivity index (χ4v) is 4.64. The van der Waals surface area contributed by atoms with Gasteiger partial charge in [-0.15, -0.1) is 11.8 Å². The second-order valence-corrected chi connectivity index (χ2v) is 9.54. The summed E-state index contributed by atoms with van der Waals surface area (Å²) in [5, 5.41) is 13.5. The zero-order valence-corrected chi connectivity index (χ0v) is 17.3. The minimum atomic E-state index is -1.11. The summed E-state index contributed by atoms with van der Waals surface area (Å²) >= 11 is 7.73. The predicted molar refractivity (Wildman–Crippen MR) is 106 cm³/mol. The fourth-order valence-electron chi connectivity index (χ4n) is 2.92. The van der Waals surface area contributed by atoms with Crippen molar-refractivity contribution in [3.8, 4) is 0 Å². The number of fused-ring (bicyclic) bond motifs is 1. The van der Waals surface area contributed by atoms with Crippen LogP contribution >= 0.6 is 43.6 Å². The Morgan fingerprint density at radius 2 is 1.96 bits per heavy atom. The van der Waals surface area contributed by atoms with Crippen molar-refractivity contribution in [3.63, 3.8) is 0 Å². The summed E-state index contributed by atoms with van der Waals surface area (Å²) < 4.78 is 0.585. The van der Waals surface area contributed by atoms with E-state index < -0.39 is 23.4 Å². The quantitative estimate of drug-likeness (QED) is 0.605. The molecule has 0 saturated carbocycles. The first-order valence-corrected chi connectivity index (χ1v) is 10.2. The molecule has 1 saturated heterocycles. The van der Waals surface area contributed by atoms with Gasteiger partial charge in [-0.1, -0.05) is 30.3 Å². The Bertz CT molecular complexity index is 808. The molecule has 6 nitrogen and oxygen atoms in total. The van der Waals surface area contributed by atoms with Crippen molar-refractivity contribution < 1.29 is 19.5 Å². The molecule has 26 heavy (non-hydrogen) atoms. The summed E-state index contributed by atoms with van der Waals surface area (Å²) in [4.78, 5) is 37.7. The molecule has 0 aromatic heterocycles. The molecule has 0 spiro atoms. The number of benzene rings is 1. The van der Waals surface area contributed by atoms with Gasteiger partial charge in [-0.2, -0.15) is 0 Å². The van der Waals surface area contributed by atoms with Gasteiger partial charge in [0.25, 0.3) is 0 Å². The molecule has 9 heteroatoms. The number of aliphatic carboxylic acids is 1. The third-order valence-electron chi connectivity index (χ3n) is 4.05. The van der Waals surface area contributed by atoms with Crippen molar-refractivity contribution in [3.05, 3.63) is 56.3 Å². The average molecular weight is 502 g/mol. The maximum absolute atomic E-state index is 12.5. The SMILES string of the molecule is O=C(Cc1ccccc1)NC1C(=O)N2C(C(=O)O)C(C=C(Br)Br)=CS[C@@H]12. The number of hydrogen-bond donors (Lipinski definition) is 2. The summed E-state index contributed by atoms with van der Waals surface area (Å²) in [5.74, 6) is -1.76. The molecule has 2 aliphatic rings. The fraction of sp³-hybridized carbons (Fsp3) is 0.235. The molecule has 2 N–H and O–H groups in total. The highest BCUT2D eigenvalue weighted by Gasteiger charge is 2.55. The number of β-lactam (4-membered cyclic amide) rings is 1. The van der Waals surface area contributed by atoms with Crippen molar-refractivity contribution in [2.45, 2.75) is 23.9 Å². The van der Waals surface area contributed by atoms with Crippen molar-refractivity contribution in [1.29, 1.82) is 0 Å². The number of rotatable bonds is 5. The number of thioether (sulfide) groups is 1. The van der Waals surface area contributed by atoms with Gasteiger partial charge in [0, 0.05) is 0 Å². The molecule has 1 fully saturated rings. The van der Waals surface area contributed by atoms with E-state index in [0.717, 1.165) is 5.56 Å². The van der Waals surface area contributed by atoms with Crippen molar-refractivity contribution in [1.82, 2.24) is 10.2 Å². The van der Waals surface area contributed by atoms with E-state index in [2.05, 4.69) is 37.2 Å². The largest absolute Gasteiger partial charge is 0.479 e. The van der Waals surface area contributed by atoms with E-state index in [1.807, 2.05) is 30.3 Å². The number of carboxylic acids is 1. The molecule has 0 radical (unpaired) electrons. The number of amides is 2. The van der Waals surface area contributed by atoms with Gasteiger partial charge < -0.3 is 15.3 Å². The number of carbonyl (C=O) groups excluding carboxylic acids is 2. The number of nitrogens with one attached hydrogen (secondary N) is 1. The molecular weight excluding hydrogens is 488 g/mol. The third kappa shape index (κ3) is 3.89. The maximum Gasteiger partial charge on any atom is 0.331 e. The Kier molecular flexibility index (Phi) is 5.89. The van der Waals surface area contributed by atoms with E-state index in [1.165, 1.54) is 16.7 Å². The number of halogens is 2. The van der Waals surface area contributed by atoms with E-state index in [-0.39, 0.29) is 18.2 Å². The van der Waals surface area contributed by atoms with Gasteiger partial charge in [-0.25, -0.2) is 4.79 Å². The van der Waals surface area contributed by atoms with Gasteiger partial charge in [0.2, 0.25) is 11.8 Å². The molecule has 3 rings (SSSR count). The lowest BCUT2D eigenvalue weighted by Crippen LogP contribution is -2.73. The van der Waals surface area contributed by atoms with Gasteiger partial charge in [-0.3, -0.25) is 9.59 Å². The van der Waals surface area contributed by atoms with Gasteiger partial charge >= 0.3 is 5.97 Å². The normalized spacial score (nSPS) is 24.1. The van der Waals surface area contributed by atoms with E-state index in [1.54, 1.807) is 11.5 Å². The van der Waals surface area contributed by atoms with Gasteiger partial charge in [0.05, 0.1) is 9.81 Å². The van der Waals surface area contributed by atoms with Crippen LogP contribution in [0.5, 0.6) is 0 Å². The van der Waals surface area contributed by atoms with E-state index in [4.69, 9.17) is 0 Å². The minimum absolute atomic E-state index is 0.171. The minimum Gasteiger partial charge on any atom is -0.479 e. The number of hydrogen-bond acceptors (Lipinski definition) is 4. The van der Waals surface area contributed by atoms with E-state index in [0.29, 0.717) is 8.96 Å². The van der Waals surface area contributed by atoms with Crippen molar-refractivity contribution in [2.75, 3.05) is 0 Å². The summed E-state index contributed by atoms with van der Waals surface area (Å²) in [6.07, 6.45) is 1.78. The zero-order chi connectivity index (χ0) is 18.8. The van der Waals surface area contributed by atoms with E-state index in [9.17, 15) is 19.5 Å². The van der Waals surface area contributed by atoms with Gasteiger partial charge in [0.1, 0.15) is 11.4 Å². The zero-order valence-electron chi connectivity index (χ0n) is 13.3. The molecule has 2 unspecified atom stereocenters. The van der Waals surface area contributed by atoms with Crippen LogP contribution in [-0.4, -0.2) is 45.2 Å². The van der Waals surface area contributed by atoms with Crippen LogP contribution < -0.4 is 5.32 Å². The smallest absolute Gasteiger partial charge is 0.331 e. The van der Waals surface area contributed by atoms with Crippen LogP contribution in [0.2, 0.25) is 0 Å². The molecule has 136 valence electrons. The molecule has 2 heterocycles. The second-order valence-electron chi connectivity index (χ2n) is 5.77. The summed E-state index contributed by atoms with van der Waals surface area (Å²) in [5.41, 5.74) is 1.34. The highest BCUT2D eigenvalue weighted by atomic mass is 79.9. The highest BCUT2D eigenvalue weighted by Crippen LogP contribution is 2.41. The molecule has 3 atom stereocenters. The summed E-state index contributed by atoms with van der Waals surface area (Å²) in [7, 11) is 0. The topological polar surface area (TPSA) is 86.7 Å². The van der Waals surface area contributed by atoms with Crippen LogP contribution in [0.25, 0.3) is 0 Å². The standard InChI is InChI=1S/C17H14Br2N2O4S/c18-11(19)7-10-8-26-16-13(15(23)21(16)14(10)17(24)25)20-12(22)6-9-4-2-1-3-5-9/h1-5,7-8,13-14,16H,6H2,(H,20,22)(H,24,25)/t13?,14?,16-/m0/s1. The van der Waals surface area contributed by atoms with Crippen LogP contribution in [0.15, 0.2) is 50.8 Å². The summed E-state index contributed by atoms with van der Waals surface area (Å²) in [6.45, 7) is 0. The molecule has 0 aliphatic carbocycles. The lowest BCUT2D eigenvalue weighted by Gasteiger charge is -2.51. The van der Waals surface area contributed by atoms with Crippen molar-refractivity contribution in [2.24, 2.45) is 0 Å². The first-order valence-electron chi connectivity index (χ1n) is 7.65. The highest BCUT2D eigenvalue weighted by molar-refractivity contribution is 9.28. The Labute approximate surface area is 171 Å². The number of nitrogens with zero attached hydrogens (tertiary/aromatic N) is 1. The molecule has 2 amide bonds. The average Bonchev–Trinajstić information content (AvgIpc) is 2.59. The molecular formula is C17H14Br2N2O4S. The second kappa shape index (κ2) is 7.98. The lowest BCUT2D eigenvalue weighted by molar-refractivity contribution is -0.159. The molecule has 0 bridgehead atoms. The molecule has 2 aliphatic heterocycles. The molecule has 1 aromatic rings. The number of carboxylic acid groups (broad SMARTS) is 1. The van der Waals surface area contributed by atoms with Crippen LogP contribution in [-0.2, 0) is 20.8 Å². The predicted octanol–water partition coefficient (Wildman–Crippen LogP) is 2.60. The van der Waals surface area contributed by atoms with E-state index >= 15 is 0 Å². The monoisotopic (exact) mass is 500 g/mol. The van der Waals surface area contributed by atoms with Gasteiger partial charge in [0.15, 0.2) is 6.04 Å². The third-order valence-corrected chi connectivity index (χ3v) is 5.70.